The highest BCUT2D eigenvalue weighted by molar-refractivity contribution is 7.89. The molecule has 1 amide bonds. The van der Waals surface area contributed by atoms with Gasteiger partial charge in [0.25, 0.3) is 5.91 Å². The fraction of sp³-hybridized carbons (Fsp3) is 0.409. The number of rotatable bonds is 5. The van der Waals surface area contributed by atoms with Gasteiger partial charge in [0, 0.05) is 50.5 Å². The van der Waals surface area contributed by atoms with Gasteiger partial charge in [-0.05, 0) is 62.7 Å². The van der Waals surface area contributed by atoms with E-state index in [9.17, 15) is 17.6 Å². The molecule has 0 aliphatic carbocycles. The molecule has 0 N–H and O–H groups in total. The van der Waals surface area contributed by atoms with Gasteiger partial charge >= 0.3 is 0 Å². The Hall–Kier alpha value is -2.45. The van der Waals surface area contributed by atoms with Crippen molar-refractivity contribution < 1.29 is 17.6 Å². The fourth-order valence-electron chi connectivity index (χ4n) is 3.45. The number of amides is 1. The second-order valence-electron chi connectivity index (χ2n) is 7.75. The van der Waals surface area contributed by atoms with E-state index in [1.54, 1.807) is 43.0 Å². The number of halogens is 1. The molecule has 3 rings (SSSR count). The first-order chi connectivity index (χ1) is 14.2. The van der Waals surface area contributed by atoms with Gasteiger partial charge in [-0.2, -0.15) is 4.31 Å². The third kappa shape index (κ3) is 4.82. The van der Waals surface area contributed by atoms with Crippen LogP contribution in [0.2, 0.25) is 0 Å². The molecule has 1 fully saturated rings. The standard InChI is InChI=1S/C22H28FN3O3S/c1-17(2)24(3)30(28,29)21-7-4-6-18(16-21)22(27)26-13-5-12-25(14-15-26)20-10-8-19(23)9-11-20/h4,6-11,16-17H,5,12-15H2,1-3H3. The summed E-state index contributed by atoms with van der Waals surface area (Å²) in [6.45, 7) is 6.10. The maximum Gasteiger partial charge on any atom is 0.253 e. The fourth-order valence-corrected chi connectivity index (χ4v) is 4.86. The highest BCUT2D eigenvalue weighted by atomic mass is 32.2. The molecular weight excluding hydrogens is 405 g/mol. The van der Waals surface area contributed by atoms with Gasteiger partial charge in [0.2, 0.25) is 10.0 Å². The predicted octanol–water partition coefficient (Wildman–Crippen LogP) is 3.21. The van der Waals surface area contributed by atoms with Gasteiger partial charge in [-0.15, -0.1) is 0 Å². The van der Waals surface area contributed by atoms with E-state index in [1.165, 1.54) is 35.6 Å². The number of hydrogen-bond donors (Lipinski definition) is 0. The van der Waals surface area contributed by atoms with Crippen molar-refractivity contribution in [1.82, 2.24) is 9.21 Å². The van der Waals surface area contributed by atoms with Gasteiger partial charge < -0.3 is 9.80 Å². The summed E-state index contributed by atoms with van der Waals surface area (Å²) in [6, 6.07) is 12.4. The van der Waals surface area contributed by atoms with Crippen LogP contribution < -0.4 is 4.90 Å². The molecule has 1 aliphatic rings. The molecule has 0 atom stereocenters. The van der Waals surface area contributed by atoms with Crippen LogP contribution in [0, 0.1) is 5.82 Å². The Morgan fingerprint density at radius 3 is 2.40 bits per heavy atom. The lowest BCUT2D eigenvalue weighted by Gasteiger charge is -2.24. The van der Waals surface area contributed by atoms with Gasteiger partial charge in [-0.3, -0.25) is 4.79 Å². The van der Waals surface area contributed by atoms with E-state index in [0.29, 0.717) is 25.2 Å². The minimum atomic E-state index is -3.66. The van der Waals surface area contributed by atoms with Crippen LogP contribution in [0.1, 0.15) is 30.6 Å². The van der Waals surface area contributed by atoms with Gasteiger partial charge in [0.05, 0.1) is 4.90 Å². The quantitative estimate of drug-likeness (QED) is 0.727. The summed E-state index contributed by atoms with van der Waals surface area (Å²) in [6.07, 6.45) is 0.775. The average molecular weight is 434 g/mol. The Labute approximate surface area is 177 Å². The van der Waals surface area contributed by atoms with Gasteiger partial charge in [-0.25, -0.2) is 12.8 Å². The molecule has 6 nitrogen and oxygen atoms in total. The summed E-state index contributed by atoms with van der Waals surface area (Å²) >= 11 is 0. The summed E-state index contributed by atoms with van der Waals surface area (Å²) in [4.78, 5) is 17.1. The van der Waals surface area contributed by atoms with Crippen LogP contribution in [0.3, 0.4) is 0 Å². The molecule has 1 aliphatic heterocycles. The first kappa shape index (κ1) is 22.2. The molecule has 0 bridgehead atoms. The van der Waals surface area contributed by atoms with Crippen LogP contribution >= 0.6 is 0 Å². The Morgan fingerprint density at radius 2 is 1.73 bits per heavy atom. The smallest absolute Gasteiger partial charge is 0.253 e. The summed E-state index contributed by atoms with van der Waals surface area (Å²) in [5.74, 6) is -0.455. The Bertz CT molecular complexity index is 993. The molecule has 1 saturated heterocycles. The van der Waals surface area contributed by atoms with E-state index in [-0.39, 0.29) is 22.7 Å². The lowest BCUT2D eigenvalue weighted by molar-refractivity contribution is 0.0766. The van der Waals surface area contributed by atoms with Crippen molar-refractivity contribution in [2.75, 3.05) is 38.1 Å². The van der Waals surface area contributed by atoms with Crippen molar-refractivity contribution in [3.05, 3.63) is 59.9 Å². The maximum absolute atomic E-state index is 13.2. The molecule has 0 radical (unpaired) electrons. The molecule has 0 saturated carbocycles. The number of carbonyl (C=O) groups excluding carboxylic acids is 1. The molecule has 0 spiro atoms. The van der Waals surface area contributed by atoms with Crippen LogP contribution in [0.15, 0.2) is 53.4 Å². The van der Waals surface area contributed by atoms with Crippen molar-refractivity contribution in [3.63, 3.8) is 0 Å². The number of hydrogen-bond acceptors (Lipinski definition) is 4. The number of anilines is 1. The van der Waals surface area contributed by atoms with Crippen molar-refractivity contribution >= 4 is 21.6 Å². The summed E-state index contributed by atoms with van der Waals surface area (Å²) in [5.41, 5.74) is 1.29. The maximum atomic E-state index is 13.2. The average Bonchev–Trinajstić information content (AvgIpc) is 2.99. The van der Waals surface area contributed by atoms with Gasteiger partial charge in [0.15, 0.2) is 0 Å². The Morgan fingerprint density at radius 1 is 1.03 bits per heavy atom. The second-order valence-corrected chi connectivity index (χ2v) is 9.75. The zero-order chi connectivity index (χ0) is 21.9. The second kappa shape index (κ2) is 9.14. The molecule has 162 valence electrons. The number of nitrogens with zero attached hydrogens (tertiary/aromatic N) is 3. The Balaban J connectivity index is 1.75. The van der Waals surface area contributed by atoms with Crippen molar-refractivity contribution in [1.29, 1.82) is 0 Å². The first-order valence-corrected chi connectivity index (χ1v) is 11.5. The molecule has 8 heteroatoms. The lowest BCUT2D eigenvalue weighted by atomic mass is 10.2. The SMILES string of the molecule is CC(C)N(C)S(=O)(=O)c1cccc(C(=O)N2CCCN(c3ccc(F)cc3)CC2)c1. The zero-order valence-electron chi connectivity index (χ0n) is 17.6. The van der Waals surface area contributed by atoms with E-state index in [2.05, 4.69) is 4.90 Å². The molecular formula is C22H28FN3O3S. The number of benzene rings is 2. The minimum Gasteiger partial charge on any atom is -0.370 e. The highest BCUT2D eigenvalue weighted by Crippen LogP contribution is 2.21. The molecule has 1 heterocycles. The lowest BCUT2D eigenvalue weighted by Crippen LogP contribution is -2.35. The van der Waals surface area contributed by atoms with Crippen LogP contribution in [-0.2, 0) is 10.0 Å². The summed E-state index contributed by atoms with van der Waals surface area (Å²) < 4.78 is 40.0. The van der Waals surface area contributed by atoms with Gasteiger partial charge in [-0.1, -0.05) is 6.07 Å². The van der Waals surface area contributed by atoms with E-state index in [1.807, 2.05) is 0 Å². The molecule has 2 aromatic rings. The number of sulfonamides is 1. The summed E-state index contributed by atoms with van der Waals surface area (Å²) in [7, 11) is -2.12. The zero-order valence-corrected chi connectivity index (χ0v) is 18.4. The third-order valence-corrected chi connectivity index (χ3v) is 7.49. The molecule has 0 unspecified atom stereocenters. The van der Waals surface area contributed by atoms with Crippen LogP contribution in [-0.4, -0.2) is 62.8 Å². The largest absolute Gasteiger partial charge is 0.370 e. The molecule has 0 aromatic heterocycles. The highest BCUT2D eigenvalue weighted by Gasteiger charge is 2.26. The van der Waals surface area contributed by atoms with Gasteiger partial charge in [0.1, 0.15) is 5.82 Å². The first-order valence-electron chi connectivity index (χ1n) is 10.1. The molecule has 30 heavy (non-hydrogen) atoms. The van der Waals surface area contributed by atoms with E-state index in [0.717, 1.165) is 18.7 Å². The van der Waals surface area contributed by atoms with E-state index in [4.69, 9.17) is 0 Å². The van der Waals surface area contributed by atoms with Crippen molar-refractivity contribution in [2.24, 2.45) is 0 Å². The van der Waals surface area contributed by atoms with Crippen molar-refractivity contribution in [2.45, 2.75) is 31.2 Å². The molecule has 2 aromatic carbocycles. The third-order valence-electron chi connectivity index (χ3n) is 5.46. The van der Waals surface area contributed by atoms with E-state index >= 15 is 0 Å². The van der Waals surface area contributed by atoms with Crippen LogP contribution in [0.25, 0.3) is 0 Å². The van der Waals surface area contributed by atoms with E-state index < -0.39 is 10.0 Å². The minimum absolute atomic E-state index is 0.118. The monoisotopic (exact) mass is 433 g/mol. The number of carbonyl (C=O) groups is 1. The van der Waals surface area contributed by atoms with Crippen LogP contribution in [0.5, 0.6) is 0 Å². The van der Waals surface area contributed by atoms with Crippen LogP contribution in [0.4, 0.5) is 10.1 Å². The summed E-state index contributed by atoms with van der Waals surface area (Å²) in [5, 5.41) is 0. The van der Waals surface area contributed by atoms with Crippen molar-refractivity contribution in [3.8, 4) is 0 Å². The predicted molar refractivity (Wildman–Crippen MR) is 116 cm³/mol. The topological polar surface area (TPSA) is 60.9 Å². The normalized spacial score (nSPS) is 15.5. The Kier molecular flexibility index (Phi) is 6.77.